The fourth-order valence-electron chi connectivity index (χ4n) is 6.67. The van der Waals surface area contributed by atoms with Crippen molar-refractivity contribution in [2.45, 2.75) is 238 Å². The highest BCUT2D eigenvalue weighted by Gasteiger charge is 2.27. The number of hydrogen-bond acceptors (Lipinski definition) is 6. The summed E-state index contributed by atoms with van der Waals surface area (Å²) in [6.45, 7) is 4.23. The molecule has 8 nitrogen and oxygen atoms in total. The average molecular weight is 733 g/mol. The van der Waals surface area contributed by atoms with Crippen LogP contribution in [0.3, 0.4) is 0 Å². The van der Waals surface area contributed by atoms with E-state index in [0.717, 1.165) is 38.5 Å². The molecule has 0 fully saturated rings. The predicted molar refractivity (Wildman–Crippen MR) is 212 cm³/mol. The fraction of sp³-hybridized carbons (Fsp3) is 0.976. The number of nitrogens with one attached hydrogen (secondary N) is 1. The van der Waals surface area contributed by atoms with Crippen LogP contribution in [0.1, 0.15) is 226 Å². The molecule has 0 heterocycles. The summed E-state index contributed by atoms with van der Waals surface area (Å²) in [5, 5.41) is 13.8. The largest absolute Gasteiger partial charge is 0.472 e. The zero-order valence-electron chi connectivity index (χ0n) is 33.2. The first-order valence-corrected chi connectivity index (χ1v) is 23.1. The van der Waals surface area contributed by atoms with Crippen molar-refractivity contribution in [3.8, 4) is 0 Å². The topological polar surface area (TPSA) is 131 Å². The van der Waals surface area contributed by atoms with E-state index in [2.05, 4.69) is 19.2 Å². The Morgan fingerprint density at radius 1 is 0.580 bits per heavy atom. The van der Waals surface area contributed by atoms with Crippen molar-refractivity contribution in [2.75, 3.05) is 19.8 Å². The van der Waals surface area contributed by atoms with Gasteiger partial charge in [-0.15, -0.1) is 0 Å². The number of phosphoric ester groups is 1. The van der Waals surface area contributed by atoms with Gasteiger partial charge in [-0.3, -0.25) is 13.8 Å². The maximum absolute atomic E-state index is 12.7. The fourth-order valence-corrected chi connectivity index (χ4v) is 7.43. The van der Waals surface area contributed by atoms with Gasteiger partial charge in [0.2, 0.25) is 5.91 Å². The summed E-state index contributed by atoms with van der Waals surface area (Å²) in [4.78, 5) is 22.7. The molecule has 50 heavy (non-hydrogen) atoms. The van der Waals surface area contributed by atoms with Gasteiger partial charge in [-0.1, -0.05) is 206 Å². The molecule has 0 rings (SSSR count). The standard InChI is InChI=1S/C41H85N2O6P/c1-3-5-7-9-11-13-15-17-18-19-20-21-22-23-24-26-28-30-32-34-40(44)39(38-49-50(46,47)48-37-36-42)43-41(45)35-33-31-29-27-25-16-14-12-10-8-6-4-2/h39-40,44H,3-38,42H2,1-2H3,(H,43,45)(H,46,47). The van der Waals surface area contributed by atoms with Crippen molar-refractivity contribution in [1.29, 1.82) is 0 Å². The monoisotopic (exact) mass is 733 g/mol. The highest BCUT2D eigenvalue weighted by molar-refractivity contribution is 7.47. The number of unbranched alkanes of at least 4 members (excludes halogenated alkanes) is 29. The van der Waals surface area contributed by atoms with Crippen molar-refractivity contribution in [3.05, 3.63) is 0 Å². The minimum Gasteiger partial charge on any atom is -0.391 e. The van der Waals surface area contributed by atoms with Crippen LogP contribution in [0.4, 0.5) is 0 Å². The Kier molecular flexibility index (Phi) is 37.8. The lowest BCUT2D eigenvalue weighted by Crippen LogP contribution is -2.46. The Morgan fingerprint density at radius 3 is 1.28 bits per heavy atom. The van der Waals surface area contributed by atoms with E-state index in [1.807, 2.05) is 0 Å². The molecule has 0 saturated heterocycles. The second kappa shape index (κ2) is 38.2. The van der Waals surface area contributed by atoms with E-state index in [-0.39, 0.29) is 25.7 Å². The third kappa shape index (κ3) is 35.9. The Morgan fingerprint density at radius 2 is 0.920 bits per heavy atom. The zero-order valence-corrected chi connectivity index (χ0v) is 34.1. The summed E-state index contributed by atoms with van der Waals surface area (Å²) in [5.74, 6) is -0.159. The number of aliphatic hydroxyl groups excluding tert-OH is 1. The van der Waals surface area contributed by atoms with Gasteiger partial charge >= 0.3 is 7.82 Å². The van der Waals surface area contributed by atoms with E-state index < -0.39 is 20.0 Å². The van der Waals surface area contributed by atoms with Crippen LogP contribution in [0, 0.1) is 0 Å². The summed E-state index contributed by atoms with van der Waals surface area (Å²) in [7, 11) is -4.31. The molecule has 0 bridgehead atoms. The van der Waals surface area contributed by atoms with Crippen LogP contribution in [-0.2, 0) is 18.4 Å². The van der Waals surface area contributed by atoms with Crippen molar-refractivity contribution in [2.24, 2.45) is 5.73 Å². The van der Waals surface area contributed by atoms with Crippen molar-refractivity contribution >= 4 is 13.7 Å². The number of phosphoric acid groups is 1. The molecule has 0 aromatic rings. The van der Waals surface area contributed by atoms with E-state index in [0.29, 0.717) is 12.8 Å². The van der Waals surface area contributed by atoms with E-state index >= 15 is 0 Å². The first-order chi connectivity index (χ1) is 24.4. The summed E-state index contributed by atoms with van der Waals surface area (Å²) in [6, 6.07) is -0.766. The predicted octanol–water partition coefficient (Wildman–Crippen LogP) is 11.8. The molecule has 3 atom stereocenters. The molecule has 5 N–H and O–H groups in total. The molecule has 0 saturated carbocycles. The Balaban J connectivity index is 4.10. The number of carbonyl (C=O) groups excluding carboxylic acids is 1. The molecule has 300 valence electrons. The van der Waals surface area contributed by atoms with Crippen LogP contribution in [-0.4, -0.2) is 47.8 Å². The van der Waals surface area contributed by atoms with Crippen molar-refractivity contribution in [3.63, 3.8) is 0 Å². The molecule has 1 amide bonds. The summed E-state index contributed by atoms with van der Waals surface area (Å²) >= 11 is 0. The Bertz CT molecular complexity index is 759. The number of amides is 1. The third-order valence-corrected chi connectivity index (χ3v) is 10.9. The van der Waals surface area contributed by atoms with Gasteiger partial charge in [-0.25, -0.2) is 4.57 Å². The maximum atomic E-state index is 12.7. The number of aliphatic hydroxyl groups is 1. The average Bonchev–Trinajstić information content (AvgIpc) is 3.10. The first-order valence-electron chi connectivity index (χ1n) is 21.7. The molecule has 0 aliphatic carbocycles. The molecule has 0 radical (unpaired) electrons. The summed E-state index contributed by atoms with van der Waals surface area (Å²) in [5.41, 5.74) is 5.37. The van der Waals surface area contributed by atoms with Gasteiger partial charge in [0.15, 0.2) is 0 Å². The third-order valence-electron chi connectivity index (χ3n) is 9.96. The van der Waals surface area contributed by atoms with E-state index in [4.69, 9.17) is 14.8 Å². The van der Waals surface area contributed by atoms with Crippen molar-refractivity contribution in [1.82, 2.24) is 5.32 Å². The Labute approximate surface area is 310 Å². The molecule has 3 unspecified atom stereocenters. The summed E-state index contributed by atoms with van der Waals surface area (Å²) < 4.78 is 22.2. The van der Waals surface area contributed by atoms with Crippen molar-refractivity contribution < 1.29 is 28.4 Å². The number of carbonyl (C=O) groups is 1. The summed E-state index contributed by atoms with van der Waals surface area (Å²) in [6.07, 6.45) is 39.7. The minimum atomic E-state index is -4.31. The lowest BCUT2D eigenvalue weighted by Gasteiger charge is -2.25. The normalized spacial score (nSPS) is 14.1. The van der Waals surface area contributed by atoms with Gasteiger partial charge in [0.05, 0.1) is 25.4 Å². The Hall–Kier alpha value is -0.500. The van der Waals surface area contributed by atoms with Gasteiger partial charge < -0.3 is 21.1 Å². The van der Waals surface area contributed by atoms with Gasteiger partial charge in [0.25, 0.3) is 0 Å². The molecule has 0 aromatic heterocycles. The van der Waals surface area contributed by atoms with Crippen LogP contribution in [0.5, 0.6) is 0 Å². The SMILES string of the molecule is CCCCCCCCCCCCCCCCCCCCCC(O)C(COP(=O)(O)OCCN)NC(=O)CCCCCCCCCCCCCC. The number of nitrogens with two attached hydrogens (primary N) is 1. The quantitative estimate of drug-likeness (QED) is 0.0363. The van der Waals surface area contributed by atoms with Gasteiger partial charge in [0, 0.05) is 13.0 Å². The van der Waals surface area contributed by atoms with E-state index in [1.54, 1.807) is 0 Å². The number of hydrogen-bond donors (Lipinski definition) is 4. The molecule has 0 aromatic carbocycles. The molecule has 0 spiro atoms. The lowest BCUT2D eigenvalue weighted by atomic mass is 10.0. The highest BCUT2D eigenvalue weighted by atomic mass is 31.2. The van der Waals surface area contributed by atoms with Crippen LogP contribution < -0.4 is 11.1 Å². The first kappa shape index (κ1) is 49.5. The number of rotatable bonds is 41. The second-order valence-corrected chi connectivity index (χ2v) is 16.4. The van der Waals surface area contributed by atoms with Gasteiger partial charge in [0.1, 0.15) is 0 Å². The molecular weight excluding hydrogens is 647 g/mol. The van der Waals surface area contributed by atoms with Gasteiger partial charge in [-0.2, -0.15) is 0 Å². The van der Waals surface area contributed by atoms with E-state index in [9.17, 15) is 19.4 Å². The molecule has 0 aliphatic heterocycles. The van der Waals surface area contributed by atoms with Crippen LogP contribution in [0.2, 0.25) is 0 Å². The lowest BCUT2D eigenvalue weighted by molar-refractivity contribution is -0.123. The highest BCUT2D eigenvalue weighted by Crippen LogP contribution is 2.43. The molecule has 9 heteroatoms. The maximum Gasteiger partial charge on any atom is 0.472 e. The minimum absolute atomic E-state index is 0.0924. The van der Waals surface area contributed by atoms with Crippen LogP contribution in [0.15, 0.2) is 0 Å². The zero-order chi connectivity index (χ0) is 36.8. The van der Waals surface area contributed by atoms with Crippen LogP contribution >= 0.6 is 7.82 Å². The molecular formula is C41H85N2O6P. The van der Waals surface area contributed by atoms with Gasteiger partial charge in [-0.05, 0) is 12.8 Å². The molecule has 0 aliphatic rings. The van der Waals surface area contributed by atoms with E-state index in [1.165, 1.54) is 161 Å². The van der Waals surface area contributed by atoms with Crippen LogP contribution in [0.25, 0.3) is 0 Å². The smallest absolute Gasteiger partial charge is 0.391 e. The second-order valence-electron chi connectivity index (χ2n) is 14.9.